The number of nitrogens with zero attached hydrogens (tertiary/aromatic N) is 1. The third-order valence-electron chi connectivity index (χ3n) is 2.47. The normalized spacial score (nSPS) is 20.7. The largest absolute Gasteiger partial charge is 0.384 e. The van der Waals surface area contributed by atoms with Gasteiger partial charge in [-0.25, -0.2) is 0 Å². The standard InChI is InChI=1S/C9H18N2O2.ClH/c1-10-8-3-5-11(7-8)9(12)4-6-13-2;/h8,10H,3-7H2,1-2H3;1H/t8-;/m1./s1. The molecule has 1 aliphatic rings. The van der Waals surface area contributed by atoms with Crippen LogP contribution in [0.2, 0.25) is 0 Å². The van der Waals surface area contributed by atoms with Crippen LogP contribution in [0.4, 0.5) is 0 Å². The Balaban J connectivity index is 0.00000169. The van der Waals surface area contributed by atoms with Gasteiger partial charge in [0.2, 0.25) is 5.91 Å². The van der Waals surface area contributed by atoms with Gasteiger partial charge < -0.3 is 15.0 Å². The number of methoxy groups -OCH3 is 1. The molecule has 1 fully saturated rings. The minimum Gasteiger partial charge on any atom is -0.384 e. The topological polar surface area (TPSA) is 41.6 Å². The van der Waals surface area contributed by atoms with Crippen LogP contribution in [0.1, 0.15) is 12.8 Å². The molecule has 1 aliphatic heterocycles. The Morgan fingerprint density at radius 3 is 2.86 bits per heavy atom. The molecule has 1 saturated heterocycles. The van der Waals surface area contributed by atoms with Gasteiger partial charge in [-0.3, -0.25) is 4.79 Å². The molecule has 0 bridgehead atoms. The molecule has 0 aromatic carbocycles. The lowest BCUT2D eigenvalue weighted by Crippen LogP contribution is -2.33. The summed E-state index contributed by atoms with van der Waals surface area (Å²) >= 11 is 0. The van der Waals surface area contributed by atoms with Gasteiger partial charge in [0.15, 0.2) is 0 Å². The Kier molecular flexibility index (Phi) is 6.87. The molecule has 1 amide bonds. The van der Waals surface area contributed by atoms with Crippen LogP contribution in [0, 0.1) is 0 Å². The van der Waals surface area contributed by atoms with Crippen molar-refractivity contribution in [2.45, 2.75) is 18.9 Å². The lowest BCUT2D eigenvalue weighted by atomic mass is 10.3. The zero-order valence-electron chi connectivity index (χ0n) is 8.78. The van der Waals surface area contributed by atoms with Gasteiger partial charge in [0.05, 0.1) is 13.0 Å². The van der Waals surface area contributed by atoms with Crippen LogP contribution in [-0.4, -0.2) is 50.7 Å². The molecule has 0 saturated carbocycles. The first kappa shape index (κ1) is 13.7. The lowest BCUT2D eigenvalue weighted by Gasteiger charge is -2.15. The number of likely N-dealkylation sites (N-methyl/N-ethyl adjacent to an activating group) is 1. The predicted octanol–water partition coefficient (Wildman–Crippen LogP) is 0.265. The number of hydrogen-bond donors (Lipinski definition) is 1. The molecular formula is C9H19ClN2O2. The van der Waals surface area contributed by atoms with Crippen molar-refractivity contribution in [3.8, 4) is 0 Å². The fraction of sp³-hybridized carbons (Fsp3) is 0.889. The number of rotatable bonds is 4. The number of carbonyl (C=O) groups excluding carboxylic acids is 1. The lowest BCUT2D eigenvalue weighted by molar-refractivity contribution is -0.131. The van der Waals surface area contributed by atoms with Gasteiger partial charge >= 0.3 is 0 Å². The minimum atomic E-state index is 0. The molecule has 14 heavy (non-hydrogen) atoms. The van der Waals surface area contributed by atoms with Crippen molar-refractivity contribution in [2.24, 2.45) is 0 Å². The number of ether oxygens (including phenoxy) is 1. The fourth-order valence-electron chi connectivity index (χ4n) is 1.57. The highest BCUT2D eigenvalue weighted by Crippen LogP contribution is 2.09. The zero-order valence-corrected chi connectivity index (χ0v) is 9.60. The Bertz CT molecular complexity index is 178. The summed E-state index contributed by atoms with van der Waals surface area (Å²) in [6.45, 7) is 2.26. The maximum Gasteiger partial charge on any atom is 0.224 e. The van der Waals surface area contributed by atoms with E-state index in [1.54, 1.807) is 7.11 Å². The third-order valence-corrected chi connectivity index (χ3v) is 2.47. The van der Waals surface area contributed by atoms with E-state index in [9.17, 15) is 4.79 Å². The van der Waals surface area contributed by atoms with E-state index in [1.165, 1.54) is 0 Å². The van der Waals surface area contributed by atoms with Crippen LogP contribution < -0.4 is 5.32 Å². The van der Waals surface area contributed by atoms with Crippen LogP contribution in [0.3, 0.4) is 0 Å². The molecule has 1 N–H and O–H groups in total. The summed E-state index contributed by atoms with van der Waals surface area (Å²) in [5, 5.41) is 3.18. The van der Waals surface area contributed by atoms with Gasteiger partial charge in [-0.1, -0.05) is 0 Å². The quantitative estimate of drug-likeness (QED) is 0.742. The van der Waals surface area contributed by atoms with Gasteiger partial charge in [-0.15, -0.1) is 12.4 Å². The molecule has 1 heterocycles. The van der Waals surface area contributed by atoms with Gasteiger partial charge in [-0.05, 0) is 13.5 Å². The first-order valence-electron chi connectivity index (χ1n) is 4.72. The number of hydrogen-bond acceptors (Lipinski definition) is 3. The van der Waals surface area contributed by atoms with E-state index < -0.39 is 0 Å². The molecule has 0 aliphatic carbocycles. The highest BCUT2D eigenvalue weighted by molar-refractivity contribution is 5.85. The maximum absolute atomic E-state index is 11.5. The fourth-order valence-corrected chi connectivity index (χ4v) is 1.57. The maximum atomic E-state index is 11.5. The summed E-state index contributed by atoms with van der Waals surface area (Å²) in [7, 11) is 3.56. The van der Waals surface area contributed by atoms with E-state index in [1.807, 2.05) is 11.9 Å². The molecular weight excluding hydrogens is 204 g/mol. The van der Waals surface area contributed by atoms with Gasteiger partial charge in [-0.2, -0.15) is 0 Å². The number of nitrogens with one attached hydrogen (secondary N) is 1. The highest BCUT2D eigenvalue weighted by Gasteiger charge is 2.24. The Hall–Kier alpha value is -0.320. The second-order valence-corrected chi connectivity index (χ2v) is 3.36. The predicted molar refractivity (Wildman–Crippen MR) is 57.8 cm³/mol. The molecule has 0 spiro atoms. The highest BCUT2D eigenvalue weighted by atomic mass is 35.5. The van der Waals surface area contributed by atoms with Crippen molar-refractivity contribution in [3.63, 3.8) is 0 Å². The van der Waals surface area contributed by atoms with E-state index in [-0.39, 0.29) is 18.3 Å². The summed E-state index contributed by atoms with van der Waals surface area (Å²) in [5.41, 5.74) is 0. The van der Waals surface area contributed by atoms with Crippen LogP contribution >= 0.6 is 12.4 Å². The average Bonchev–Trinajstić information content (AvgIpc) is 2.62. The van der Waals surface area contributed by atoms with Crippen molar-refractivity contribution in [2.75, 3.05) is 33.9 Å². The summed E-state index contributed by atoms with van der Waals surface area (Å²) in [5.74, 6) is 0.208. The molecule has 4 nitrogen and oxygen atoms in total. The summed E-state index contributed by atoms with van der Waals surface area (Å²) in [6.07, 6.45) is 1.57. The molecule has 0 aromatic rings. The van der Waals surface area contributed by atoms with Crippen molar-refractivity contribution >= 4 is 18.3 Å². The Labute approximate surface area is 91.4 Å². The summed E-state index contributed by atoms with van der Waals surface area (Å²) in [4.78, 5) is 13.4. The molecule has 1 rings (SSSR count). The van der Waals surface area contributed by atoms with Crippen molar-refractivity contribution in [3.05, 3.63) is 0 Å². The summed E-state index contributed by atoms with van der Waals surface area (Å²) in [6, 6.07) is 0.478. The summed E-state index contributed by atoms with van der Waals surface area (Å²) < 4.78 is 4.86. The molecule has 0 aromatic heterocycles. The molecule has 0 unspecified atom stereocenters. The van der Waals surface area contributed by atoms with E-state index in [4.69, 9.17) is 4.74 Å². The van der Waals surface area contributed by atoms with E-state index in [2.05, 4.69) is 5.32 Å². The first-order chi connectivity index (χ1) is 6.27. The molecule has 5 heteroatoms. The van der Waals surface area contributed by atoms with E-state index >= 15 is 0 Å². The Morgan fingerprint density at radius 1 is 1.64 bits per heavy atom. The Morgan fingerprint density at radius 2 is 2.36 bits per heavy atom. The van der Waals surface area contributed by atoms with Gasteiger partial charge in [0.25, 0.3) is 0 Å². The number of likely N-dealkylation sites (tertiary alicyclic amines) is 1. The smallest absolute Gasteiger partial charge is 0.224 e. The molecule has 1 atom stereocenters. The number of amides is 1. The molecule has 84 valence electrons. The first-order valence-corrected chi connectivity index (χ1v) is 4.72. The van der Waals surface area contributed by atoms with Gasteiger partial charge in [0, 0.05) is 26.2 Å². The SMILES string of the molecule is CN[C@@H]1CCN(C(=O)CCOC)C1.Cl. The van der Waals surface area contributed by atoms with Crippen LogP contribution in [0.5, 0.6) is 0 Å². The van der Waals surface area contributed by atoms with Crippen LogP contribution in [0.25, 0.3) is 0 Å². The zero-order chi connectivity index (χ0) is 9.68. The van der Waals surface area contributed by atoms with Crippen LogP contribution in [0.15, 0.2) is 0 Å². The van der Waals surface area contributed by atoms with E-state index in [0.29, 0.717) is 19.1 Å². The molecule has 0 radical (unpaired) electrons. The number of halogens is 1. The third kappa shape index (κ3) is 3.82. The monoisotopic (exact) mass is 222 g/mol. The second-order valence-electron chi connectivity index (χ2n) is 3.36. The van der Waals surface area contributed by atoms with Crippen molar-refractivity contribution in [1.82, 2.24) is 10.2 Å². The van der Waals surface area contributed by atoms with Crippen molar-refractivity contribution in [1.29, 1.82) is 0 Å². The average molecular weight is 223 g/mol. The number of carbonyl (C=O) groups is 1. The van der Waals surface area contributed by atoms with Crippen molar-refractivity contribution < 1.29 is 9.53 Å². The van der Waals surface area contributed by atoms with E-state index in [0.717, 1.165) is 19.5 Å². The minimum absolute atomic E-state index is 0. The van der Waals surface area contributed by atoms with Gasteiger partial charge in [0.1, 0.15) is 0 Å². The van der Waals surface area contributed by atoms with Crippen LogP contribution in [-0.2, 0) is 9.53 Å². The second kappa shape index (κ2) is 7.04.